The minimum absolute atomic E-state index is 0.0881. The highest BCUT2D eigenvalue weighted by atomic mass is 19.1. The summed E-state index contributed by atoms with van der Waals surface area (Å²) in [5.74, 6) is 3.95. The Kier molecular flexibility index (Phi) is 4.67. The van der Waals surface area contributed by atoms with Crippen LogP contribution in [0, 0.1) is 5.82 Å². The minimum Gasteiger partial charge on any atom is -0.477 e. The number of nitrogens with zero attached hydrogens (tertiary/aromatic N) is 1. The molecular formula is C12H16FN3O2. The van der Waals surface area contributed by atoms with Crippen LogP contribution in [0.15, 0.2) is 35.7 Å². The highest BCUT2D eigenvalue weighted by Gasteiger charge is 2.18. The number of hydrogen-bond donors (Lipinski definition) is 3. The van der Waals surface area contributed by atoms with Crippen molar-refractivity contribution in [3.63, 3.8) is 0 Å². The average Bonchev–Trinajstić information content (AvgIpc) is 2.35. The first-order chi connectivity index (χ1) is 8.49. The van der Waals surface area contributed by atoms with Gasteiger partial charge in [-0.15, -0.1) is 0 Å². The second-order valence-electron chi connectivity index (χ2n) is 3.74. The number of hydrazine groups is 1. The molecule has 18 heavy (non-hydrogen) atoms. The van der Waals surface area contributed by atoms with E-state index in [1.165, 1.54) is 18.2 Å². The summed E-state index contributed by atoms with van der Waals surface area (Å²) in [5.41, 5.74) is 5.38. The summed E-state index contributed by atoms with van der Waals surface area (Å²) in [7, 11) is 0. The molecule has 0 amide bonds. The van der Waals surface area contributed by atoms with Crippen molar-refractivity contribution in [1.82, 2.24) is 0 Å². The van der Waals surface area contributed by atoms with Gasteiger partial charge in [-0.3, -0.25) is 5.01 Å². The van der Waals surface area contributed by atoms with Crippen LogP contribution < -0.4 is 16.6 Å². The molecule has 0 unspecified atom stereocenters. The van der Waals surface area contributed by atoms with Crippen molar-refractivity contribution in [2.45, 2.75) is 19.8 Å². The predicted octanol–water partition coefficient (Wildman–Crippen LogP) is 1.56. The summed E-state index contributed by atoms with van der Waals surface area (Å²) in [5, 5.41) is 9.87. The van der Waals surface area contributed by atoms with E-state index in [1.807, 2.05) is 6.92 Å². The number of benzene rings is 1. The van der Waals surface area contributed by atoms with Crippen molar-refractivity contribution >= 4 is 11.7 Å². The lowest BCUT2D eigenvalue weighted by atomic mass is 10.2. The van der Waals surface area contributed by atoms with E-state index in [1.54, 1.807) is 6.07 Å². The molecule has 98 valence electrons. The van der Waals surface area contributed by atoms with E-state index in [4.69, 9.17) is 16.7 Å². The molecule has 0 saturated carbocycles. The fourth-order valence-corrected chi connectivity index (χ4v) is 1.54. The van der Waals surface area contributed by atoms with Gasteiger partial charge >= 0.3 is 5.97 Å². The molecule has 5 N–H and O–H groups in total. The molecule has 0 aliphatic carbocycles. The zero-order valence-electron chi connectivity index (χ0n) is 10.1. The SMILES string of the molecule is CCC/C(=C(/N)C(=O)O)N(N)c1ccccc1F. The van der Waals surface area contributed by atoms with Crippen molar-refractivity contribution < 1.29 is 14.3 Å². The molecule has 0 saturated heterocycles. The normalized spacial score (nSPS) is 11.9. The number of allylic oxidation sites excluding steroid dienone is 1. The minimum atomic E-state index is -1.27. The average molecular weight is 253 g/mol. The van der Waals surface area contributed by atoms with Gasteiger partial charge in [0.1, 0.15) is 11.5 Å². The Bertz CT molecular complexity index is 474. The lowest BCUT2D eigenvalue weighted by Gasteiger charge is -2.23. The van der Waals surface area contributed by atoms with Gasteiger partial charge in [0.05, 0.1) is 11.4 Å². The standard InChI is InChI=1S/C12H16FN3O2/c1-2-5-10(11(14)12(17)18)16(15)9-7-4-3-6-8(9)13/h3-4,6-7H,2,5,14-15H2,1H3,(H,17,18)/b11-10-. The van der Waals surface area contributed by atoms with Crippen molar-refractivity contribution in [3.8, 4) is 0 Å². The molecule has 1 aromatic rings. The topological polar surface area (TPSA) is 92.6 Å². The first-order valence-electron chi connectivity index (χ1n) is 5.50. The molecule has 0 radical (unpaired) electrons. The van der Waals surface area contributed by atoms with Crippen molar-refractivity contribution in [2.24, 2.45) is 11.6 Å². The number of carbonyl (C=O) groups is 1. The molecule has 0 heterocycles. The fourth-order valence-electron chi connectivity index (χ4n) is 1.54. The summed E-state index contributed by atoms with van der Waals surface area (Å²) in [6.45, 7) is 1.85. The molecule has 1 aromatic carbocycles. The molecule has 0 aliphatic rings. The van der Waals surface area contributed by atoms with E-state index in [2.05, 4.69) is 0 Å². The summed E-state index contributed by atoms with van der Waals surface area (Å²) >= 11 is 0. The zero-order chi connectivity index (χ0) is 13.7. The lowest BCUT2D eigenvalue weighted by molar-refractivity contribution is -0.132. The number of nitrogens with two attached hydrogens (primary N) is 2. The maximum atomic E-state index is 13.6. The number of carboxylic acids is 1. The Morgan fingerprint density at radius 2 is 2.06 bits per heavy atom. The van der Waals surface area contributed by atoms with Crippen LogP contribution in [0.25, 0.3) is 0 Å². The fraction of sp³-hybridized carbons (Fsp3) is 0.250. The van der Waals surface area contributed by atoms with E-state index >= 15 is 0 Å². The van der Waals surface area contributed by atoms with Gasteiger partial charge in [0.25, 0.3) is 0 Å². The molecule has 0 fully saturated rings. The third-order valence-electron chi connectivity index (χ3n) is 2.43. The summed E-state index contributed by atoms with van der Waals surface area (Å²) < 4.78 is 13.6. The van der Waals surface area contributed by atoms with Crippen LogP contribution in [-0.4, -0.2) is 11.1 Å². The van der Waals surface area contributed by atoms with Crippen LogP contribution in [0.2, 0.25) is 0 Å². The van der Waals surface area contributed by atoms with Crippen LogP contribution >= 0.6 is 0 Å². The third-order valence-corrected chi connectivity index (χ3v) is 2.43. The van der Waals surface area contributed by atoms with Gasteiger partial charge in [-0.1, -0.05) is 25.5 Å². The molecular weight excluding hydrogens is 237 g/mol. The smallest absolute Gasteiger partial charge is 0.353 e. The molecule has 6 heteroatoms. The number of carboxylic acid groups (broad SMARTS) is 1. The van der Waals surface area contributed by atoms with Crippen LogP contribution in [-0.2, 0) is 4.79 Å². The van der Waals surface area contributed by atoms with Crippen molar-refractivity contribution in [3.05, 3.63) is 41.5 Å². The van der Waals surface area contributed by atoms with Crippen LogP contribution in [0.4, 0.5) is 10.1 Å². The van der Waals surface area contributed by atoms with E-state index in [0.717, 1.165) is 5.01 Å². The van der Waals surface area contributed by atoms with E-state index in [-0.39, 0.29) is 17.1 Å². The lowest BCUT2D eigenvalue weighted by Crippen LogP contribution is -2.34. The van der Waals surface area contributed by atoms with Gasteiger partial charge in [-0.25, -0.2) is 15.0 Å². The number of rotatable bonds is 5. The van der Waals surface area contributed by atoms with Gasteiger partial charge in [0.15, 0.2) is 0 Å². The number of hydrogen-bond acceptors (Lipinski definition) is 4. The predicted molar refractivity (Wildman–Crippen MR) is 66.8 cm³/mol. The Morgan fingerprint density at radius 3 is 2.56 bits per heavy atom. The van der Waals surface area contributed by atoms with Crippen LogP contribution in [0.5, 0.6) is 0 Å². The quantitative estimate of drug-likeness (QED) is 0.420. The largest absolute Gasteiger partial charge is 0.477 e. The first-order valence-corrected chi connectivity index (χ1v) is 5.50. The molecule has 0 bridgehead atoms. The maximum Gasteiger partial charge on any atom is 0.353 e. The second kappa shape index (κ2) is 6.02. The highest BCUT2D eigenvalue weighted by Crippen LogP contribution is 2.22. The van der Waals surface area contributed by atoms with Crippen LogP contribution in [0.3, 0.4) is 0 Å². The Hall–Kier alpha value is -2.08. The Morgan fingerprint density at radius 1 is 1.44 bits per heavy atom. The molecule has 1 rings (SSSR count). The first kappa shape index (κ1) is 14.0. The zero-order valence-corrected chi connectivity index (χ0v) is 10.1. The van der Waals surface area contributed by atoms with E-state index in [9.17, 15) is 9.18 Å². The number of para-hydroxylation sites is 1. The van der Waals surface area contributed by atoms with Gasteiger partial charge in [0, 0.05) is 0 Å². The molecule has 0 aromatic heterocycles. The summed E-state index contributed by atoms with van der Waals surface area (Å²) in [4.78, 5) is 10.9. The summed E-state index contributed by atoms with van der Waals surface area (Å²) in [6.07, 6.45) is 0.994. The van der Waals surface area contributed by atoms with E-state index < -0.39 is 11.8 Å². The van der Waals surface area contributed by atoms with Crippen LogP contribution in [0.1, 0.15) is 19.8 Å². The van der Waals surface area contributed by atoms with Crippen molar-refractivity contribution in [1.29, 1.82) is 0 Å². The maximum absolute atomic E-state index is 13.6. The Balaban J connectivity index is 3.20. The summed E-state index contributed by atoms with van der Waals surface area (Å²) in [6, 6.07) is 5.84. The van der Waals surface area contributed by atoms with Gasteiger partial charge < -0.3 is 10.8 Å². The third kappa shape index (κ3) is 2.98. The highest BCUT2D eigenvalue weighted by molar-refractivity contribution is 5.87. The Labute approximate surface area is 104 Å². The van der Waals surface area contributed by atoms with Gasteiger partial charge in [-0.05, 0) is 18.6 Å². The second-order valence-corrected chi connectivity index (χ2v) is 3.74. The van der Waals surface area contributed by atoms with E-state index in [0.29, 0.717) is 12.8 Å². The molecule has 5 nitrogen and oxygen atoms in total. The monoisotopic (exact) mass is 253 g/mol. The number of aliphatic carboxylic acids is 1. The van der Waals surface area contributed by atoms with Gasteiger partial charge in [0.2, 0.25) is 0 Å². The molecule has 0 spiro atoms. The molecule has 0 atom stereocenters. The number of anilines is 1. The molecule has 0 aliphatic heterocycles. The number of halogens is 1. The van der Waals surface area contributed by atoms with Crippen molar-refractivity contribution in [2.75, 3.05) is 5.01 Å². The van der Waals surface area contributed by atoms with Gasteiger partial charge in [-0.2, -0.15) is 0 Å².